The Hall–Kier alpha value is -2.05. The van der Waals surface area contributed by atoms with Crippen molar-refractivity contribution >= 4 is 18.3 Å². The Bertz CT molecular complexity index is 725. The maximum atomic E-state index is 12.4. The average molecular weight is 354 g/mol. The summed E-state index contributed by atoms with van der Waals surface area (Å²) < 4.78 is 5.23. The molecule has 0 aliphatic rings. The number of H-pyrrole nitrogens is 1. The van der Waals surface area contributed by atoms with Gasteiger partial charge in [-0.3, -0.25) is 9.59 Å². The van der Waals surface area contributed by atoms with E-state index in [1.807, 2.05) is 6.92 Å². The number of pyridine rings is 1. The van der Waals surface area contributed by atoms with Crippen molar-refractivity contribution in [2.24, 2.45) is 11.7 Å². The van der Waals surface area contributed by atoms with Crippen molar-refractivity contribution in [2.75, 3.05) is 6.54 Å². The van der Waals surface area contributed by atoms with E-state index in [2.05, 4.69) is 24.1 Å². The van der Waals surface area contributed by atoms with E-state index >= 15 is 0 Å². The Morgan fingerprint density at radius 1 is 1.38 bits per heavy atom. The first-order valence-electron chi connectivity index (χ1n) is 7.64. The van der Waals surface area contributed by atoms with E-state index in [1.165, 1.54) is 12.3 Å². The van der Waals surface area contributed by atoms with Crippen LogP contribution in [0.3, 0.4) is 0 Å². The van der Waals surface area contributed by atoms with Crippen LogP contribution in [0.4, 0.5) is 0 Å². The van der Waals surface area contributed by atoms with Gasteiger partial charge >= 0.3 is 0 Å². The fraction of sp³-hybridized carbons (Fsp3) is 0.412. The van der Waals surface area contributed by atoms with E-state index in [4.69, 9.17) is 10.2 Å². The van der Waals surface area contributed by atoms with Gasteiger partial charge in [-0.25, -0.2) is 0 Å². The summed E-state index contributed by atoms with van der Waals surface area (Å²) in [4.78, 5) is 27.3. The number of carbonyl (C=O) groups excluding carboxylic acids is 1. The van der Waals surface area contributed by atoms with Gasteiger partial charge in [0, 0.05) is 12.1 Å². The molecule has 0 radical (unpaired) electrons. The summed E-state index contributed by atoms with van der Waals surface area (Å²) in [5.41, 5.74) is 5.38. The van der Waals surface area contributed by atoms with Crippen LogP contribution in [0.25, 0.3) is 11.5 Å². The lowest BCUT2D eigenvalue weighted by atomic mass is 9.90. The summed E-state index contributed by atoms with van der Waals surface area (Å²) in [5, 5.41) is 2.88. The quantitative estimate of drug-likeness (QED) is 0.742. The molecule has 2 aromatic heterocycles. The van der Waals surface area contributed by atoms with Crippen molar-refractivity contribution in [3.8, 4) is 11.5 Å². The maximum Gasteiger partial charge on any atom is 0.261 e. The zero-order chi connectivity index (χ0) is 17.0. The Labute approximate surface area is 147 Å². The molecule has 0 aliphatic carbocycles. The second-order valence-corrected chi connectivity index (χ2v) is 6.41. The van der Waals surface area contributed by atoms with Crippen LogP contribution in [0.1, 0.15) is 37.6 Å². The molecule has 0 fully saturated rings. The number of hydrogen-bond donors (Lipinski definition) is 3. The zero-order valence-corrected chi connectivity index (χ0v) is 14.9. The molecule has 0 spiro atoms. The van der Waals surface area contributed by atoms with Crippen LogP contribution in [0.15, 0.2) is 39.7 Å². The Morgan fingerprint density at radius 2 is 2.08 bits per heavy atom. The zero-order valence-electron chi connectivity index (χ0n) is 14.1. The first-order valence-corrected chi connectivity index (χ1v) is 7.64. The predicted molar refractivity (Wildman–Crippen MR) is 96.4 cm³/mol. The van der Waals surface area contributed by atoms with E-state index in [-0.39, 0.29) is 18.0 Å². The van der Waals surface area contributed by atoms with E-state index in [0.717, 1.165) is 6.42 Å². The van der Waals surface area contributed by atoms with E-state index in [1.54, 1.807) is 18.2 Å². The molecule has 7 heteroatoms. The molecule has 132 valence electrons. The van der Waals surface area contributed by atoms with Crippen LogP contribution < -0.4 is 16.6 Å². The van der Waals surface area contributed by atoms with Crippen molar-refractivity contribution < 1.29 is 9.21 Å². The number of aromatic nitrogens is 1. The lowest BCUT2D eigenvalue weighted by Gasteiger charge is -2.31. The monoisotopic (exact) mass is 353 g/mol. The molecule has 2 heterocycles. The molecule has 6 nitrogen and oxygen atoms in total. The van der Waals surface area contributed by atoms with Gasteiger partial charge in [-0.2, -0.15) is 0 Å². The summed E-state index contributed by atoms with van der Waals surface area (Å²) >= 11 is 0. The molecule has 24 heavy (non-hydrogen) atoms. The van der Waals surface area contributed by atoms with E-state index < -0.39 is 17.0 Å². The second kappa shape index (κ2) is 8.17. The van der Waals surface area contributed by atoms with E-state index in [9.17, 15) is 9.59 Å². The van der Waals surface area contributed by atoms with Gasteiger partial charge in [0.05, 0.1) is 12.0 Å². The summed E-state index contributed by atoms with van der Waals surface area (Å²) in [6.07, 6.45) is 2.25. The third-order valence-electron chi connectivity index (χ3n) is 3.67. The van der Waals surface area contributed by atoms with E-state index in [0.29, 0.717) is 23.9 Å². The molecule has 1 amide bonds. The molecule has 0 aliphatic heterocycles. The summed E-state index contributed by atoms with van der Waals surface area (Å²) in [7, 11) is 0. The summed E-state index contributed by atoms with van der Waals surface area (Å²) in [5.74, 6) is 0.495. The Kier molecular flexibility index (Phi) is 6.81. The number of rotatable bonds is 6. The van der Waals surface area contributed by atoms with Gasteiger partial charge in [0.15, 0.2) is 0 Å². The molecule has 0 aromatic carbocycles. The van der Waals surface area contributed by atoms with Crippen molar-refractivity contribution in [2.45, 2.75) is 32.7 Å². The molecule has 0 bridgehead atoms. The minimum absolute atomic E-state index is 0. The van der Waals surface area contributed by atoms with Gasteiger partial charge in [-0.1, -0.05) is 13.8 Å². The first-order chi connectivity index (χ1) is 10.8. The molecular weight excluding hydrogens is 330 g/mol. The van der Waals surface area contributed by atoms with Crippen LogP contribution in [0.5, 0.6) is 0 Å². The van der Waals surface area contributed by atoms with Gasteiger partial charge < -0.3 is 20.5 Å². The van der Waals surface area contributed by atoms with Gasteiger partial charge in [-0.15, -0.1) is 12.4 Å². The highest BCUT2D eigenvalue weighted by atomic mass is 35.5. The van der Waals surface area contributed by atoms with Gasteiger partial charge in [0.25, 0.3) is 11.5 Å². The highest BCUT2D eigenvalue weighted by Gasteiger charge is 2.27. The highest BCUT2D eigenvalue weighted by molar-refractivity contribution is 5.94. The number of amides is 1. The fourth-order valence-corrected chi connectivity index (χ4v) is 2.66. The standard InChI is InChI=1S/C17H23N3O3.ClH/c1-11(2)9-17(3,10-18)20-16(22)12-6-7-13(19-15(12)21)14-5-4-8-23-14;/h4-8,11H,9-10,18H2,1-3H3,(H,19,21)(H,20,22);1H. The van der Waals surface area contributed by atoms with Crippen molar-refractivity contribution in [1.82, 2.24) is 10.3 Å². The van der Waals surface area contributed by atoms with Crippen molar-refractivity contribution in [3.63, 3.8) is 0 Å². The normalized spacial score (nSPS) is 13.2. The van der Waals surface area contributed by atoms with Gasteiger partial charge in [-0.05, 0) is 43.5 Å². The predicted octanol–water partition coefficient (Wildman–Crippen LogP) is 2.55. The molecule has 1 unspecified atom stereocenters. The second-order valence-electron chi connectivity index (χ2n) is 6.41. The Balaban J connectivity index is 0.00000288. The van der Waals surface area contributed by atoms with Crippen LogP contribution >= 0.6 is 12.4 Å². The molecule has 0 saturated carbocycles. The summed E-state index contributed by atoms with van der Waals surface area (Å²) in [6.45, 7) is 6.31. The van der Waals surface area contributed by atoms with Crippen LogP contribution in [-0.2, 0) is 0 Å². The maximum absolute atomic E-state index is 12.4. The third-order valence-corrected chi connectivity index (χ3v) is 3.67. The van der Waals surface area contributed by atoms with Crippen LogP contribution in [0.2, 0.25) is 0 Å². The molecule has 2 aromatic rings. The smallest absolute Gasteiger partial charge is 0.261 e. The fourth-order valence-electron chi connectivity index (χ4n) is 2.66. The third kappa shape index (κ3) is 4.72. The van der Waals surface area contributed by atoms with Crippen LogP contribution in [-0.4, -0.2) is 23.0 Å². The molecule has 2 rings (SSSR count). The van der Waals surface area contributed by atoms with Crippen LogP contribution in [0, 0.1) is 5.92 Å². The number of carbonyl (C=O) groups is 1. The minimum Gasteiger partial charge on any atom is -0.463 e. The van der Waals surface area contributed by atoms with Crippen molar-refractivity contribution in [3.05, 3.63) is 46.4 Å². The number of hydrogen-bond acceptors (Lipinski definition) is 4. The molecule has 1 atom stereocenters. The number of halogens is 1. The minimum atomic E-state index is -0.544. The lowest BCUT2D eigenvalue weighted by molar-refractivity contribution is 0.0896. The average Bonchev–Trinajstić information content (AvgIpc) is 3.00. The number of nitrogens with one attached hydrogen (secondary N) is 2. The lowest BCUT2D eigenvalue weighted by Crippen LogP contribution is -2.52. The number of aromatic amines is 1. The molecule has 4 N–H and O–H groups in total. The van der Waals surface area contributed by atoms with Gasteiger partial charge in [0.1, 0.15) is 11.3 Å². The van der Waals surface area contributed by atoms with Gasteiger partial charge in [0.2, 0.25) is 0 Å². The van der Waals surface area contributed by atoms with Crippen molar-refractivity contribution in [1.29, 1.82) is 0 Å². The summed E-state index contributed by atoms with van der Waals surface area (Å²) in [6, 6.07) is 6.61. The topological polar surface area (TPSA) is 101 Å². The number of furan rings is 1. The molecule has 0 saturated heterocycles. The number of nitrogens with two attached hydrogens (primary N) is 1. The largest absolute Gasteiger partial charge is 0.463 e. The molecular formula is C17H24ClN3O3. The SMILES string of the molecule is CC(C)CC(C)(CN)NC(=O)c1ccc(-c2ccco2)[nH]c1=O.Cl. The highest BCUT2D eigenvalue weighted by Crippen LogP contribution is 2.17. The first kappa shape index (κ1) is 20.0. The Morgan fingerprint density at radius 3 is 2.58 bits per heavy atom.